The Balaban J connectivity index is 0.000000550. The van der Waals surface area contributed by atoms with Crippen LogP contribution in [-0.4, -0.2) is 22.8 Å². The topological polar surface area (TPSA) is 54.4 Å². The van der Waals surface area contributed by atoms with Crippen LogP contribution in [-0.2, 0) is 11.2 Å². The molecule has 0 aromatic heterocycles. The second-order valence-corrected chi connectivity index (χ2v) is 7.55. The molecule has 1 unspecified atom stereocenters. The van der Waals surface area contributed by atoms with E-state index in [1.54, 1.807) is 12.1 Å². The molecule has 1 atom stereocenters. The SMILES string of the molecule is CC(C)(O)C(=O)c1ccc(Cc2ccc(P)cc2)cc1.CC(C)C=O. The van der Waals surface area contributed by atoms with E-state index in [1.165, 1.54) is 24.7 Å². The first-order valence-electron chi connectivity index (χ1n) is 8.29. The molecule has 4 heteroatoms. The smallest absolute Gasteiger partial charge is 0.193 e. The summed E-state index contributed by atoms with van der Waals surface area (Å²) in [5.41, 5.74) is 1.60. The van der Waals surface area contributed by atoms with Gasteiger partial charge >= 0.3 is 0 Å². The normalized spacial score (nSPS) is 10.8. The molecule has 2 rings (SSSR count). The molecule has 3 nitrogen and oxygen atoms in total. The predicted molar refractivity (Wildman–Crippen MR) is 107 cm³/mol. The van der Waals surface area contributed by atoms with Crippen molar-refractivity contribution in [3.05, 3.63) is 65.2 Å². The molecule has 2 aromatic rings. The molecule has 134 valence electrons. The largest absolute Gasteiger partial charge is 0.382 e. The minimum Gasteiger partial charge on any atom is -0.382 e. The van der Waals surface area contributed by atoms with Crippen molar-refractivity contribution in [2.45, 2.75) is 39.7 Å². The first-order chi connectivity index (χ1) is 11.6. The Hall–Kier alpha value is -1.83. The van der Waals surface area contributed by atoms with Crippen molar-refractivity contribution in [3.63, 3.8) is 0 Å². The fourth-order valence-corrected chi connectivity index (χ4v) is 2.19. The molecule has 0 aliphatic rings. The Labute approximate surface area is 152 Å². The fraction of sp³-hybridized carbons (Fsp3) is 0.333. The summed E-state index contributed by atoms with van der Waals surface area (Å²) in [6, 6.07) is 15.7. The van der Waals surface area contributed by atoms with Crippen LogP contribution in [0.5, 0.6) is 0 Å². The molecule has 0 amide bonds. The zero-order chi connectivity index (χ0) is 19.0. The Morgan fingerprint density at radius 2 is 1.44 bits per heavy atom. The summed E-state index contributed by atoms with van der Waals surface area (Å²) in [6.07, 6.45) is 1.75. The third-order valence-electron chi connectivity index (χ3n) is 3.43. The number of hydrogen-bond acceptors (Lipinski definition) is 3. The Bertz CT molecular complexity index is 681. The number of Topliss-reactive ketones (excluding diaryl/α,β-unsaturated/α-hetero) is 1. The first-order valence-corrected chi connectivity index (χ1v) is 8.87. The molecule has 0 aliphatic carbocycles. The molecule has 0 spiro atoms. The lowest BCUT2D eigenvalue weighted by molar-refractivity contribution is -0.110. The van der Waals surface area contributed by atoms with Crippen molar-refractivity contribution in [2.24, 2.45) is 5.92 Å². The van der Waals surface area contributed by atoms with Gasteiger partial charge in [0.25, 0.3) is 0 Å². The zero-order valence-electron chi connectivity index (χ0n) is 15.3. The maximum absolute atomic E-state index is 11.9. The van der Waals surface area contributed by atoms with Gasteiger partial charge in [-0.1, -0.05) is 62.4 Å². The molecule has 25 heavy (non-hydrogen) atoms. The van der Waals surface area contributed by atoms with Crippen LogP contribution in [0.1, 0.15) is 49.2 Å². The summed E-state index contributed by atoms with van der Waals surface area (Å²) in [5, 5.41) is 10.9. The second-order valence-electron chi connectivity index (χ2n) is 6.88. The van der Waals surface area contributed by atoms with E-state index in [-0.39, 0.29) is 11.7 Å². The standard InChI is InChI=1S/C17H19O2P.C4H8O/c1-17(2,19)16(18)14-7-3-12(4-8-14)11-13-5-9-15(20)10-6-13;1-4(2)3-5/h3-10,19H,11,20H2,1-2H3;3-4H,1-2H3. The van der Waals surface area contributed by atoms with E-state index < -0.39 is 5.60 Å². The van der Waals surface area contributed by atoms with Crippen molar-refractivity contribution in [1.82, 2.24) is 0 Å². The molecule has 0 saturated heterocycles. The molecular weight excluding hydrogens is 331 g/mol. The van der Waals surface area contributed by atoms with Gasteiger partial charge in [0.2, 0.25) is 0 Å². The third-order valence-corrected chi connectivity index (χ3v) is 3.82. The van der Waals surface area contributed by atoms with Gasteiger partial charge in [-0.05, 0) is 36.7 Å². The highest BCUT2D eigenvalue weighted by molar-refractivity contribution is 7.27. The Morgan fingerprint density at radius 3 is 1.80 bits per heavy atom. The predicted octanol–water partition coefficient (Wildman–Crippen LogP) is 3.57. The molecule has 0 heterocycles. The highest BCUT2D eigenvalue weighted by atomic mass is 31.0. The van der Waals surface area contributed by atoms with Gasteiger partial charge < -0.3 is 9.90 Å². The Kier molecular flexibility index (Phi) is 8.15. The van der Waals surface area contributed by atoms with Gasteiger partial charge in [0.05, 0.1) is 0 Å². The second kappa shape index (κ2) is 9.60. The highest BCUT2D eigenvalue weighted by Crippen LogP contribution is 2.15. The molecule has 0 radical (unpaired) electrons. The Morgan fingerprint density at radius 1 is 1.04 bits per heavy atom. The van der Waals surface area contributed by atoms with Crippen LogP contribution in [0.3, 0.4) is 0 Å². The van der Waals surface area contributed by atoms with Gasteiger partial charge in [0, 0.05) is 11.5 Å². The van der Waals surface area contributed by atoms with Gasteiger partial charge in [0.1, 0.15) is 11.9 Å². The van der Waals surface area contributed by atoms with E-state index in [9.17, 15) is 14.7 Å². The van der Waals surface area contributed by atoms with Gasteiger partial charge in [-0.25, -0.2) is 0 Å². The summed E-state index contributed by atoms with van der Waals surface area (Å²) in [7, 11) is 2.67. The van der Waals surface area contributed by atoms with Crippen molar-refractivity contribution < 1.29 is 14.7 Å². The number of ketones is 1. The van der Waals surface area contributed by atoms with Crippen LogP contribution >= 0.6 is 9.24 Å². The summed E-state index contributed by atoms with van der Waals surface area (Å²) in [6.45, 7) is 6.72. The summed E-state index contributed by atoms with van der Waals surface area (Å²) < 4.78 is 0. The molecule has 0 aliphatic heterocycles. The zero-order valence-corrected chi connectivity index (χ0v) is 16.5. The number of rotatable bonds is 5. The van der Waals surface area contributed by atoms with Crippen molar-refractivity contribution >= 4 is 26.6 Å². The lowest BCUT2D eigenvalue weighted by Gasteiger charge is -2.15. The number of aldehydes is 1. The average molecular weight is 358 g/mol. The molecule has 2 aromatic carbocycles. The monoisotopic (exact) mass is 358 g/mol. The maximum Gasteiger partial charge on any atom is 0.193 e. The summed E-state index contributed by atoms with van der Waals surface area (Å²) in [5.74, 6) is -0.0496. The molecule has 0 bridgehead atoms. The number of carbonyl (C=O) groups is 2. The van der Waals surface area contributed by atoms with E-state index >= 15 is 0 Å². The maximum atomic E-state index is 11.9. The highest BCUT2D eigenvalue weighted by Gasteiger charge is 2.24. The van der Waals surface area contributed by atoms with Crippen LogP contribution in [0.2, 0.25) is 0 Å². The van der Waals surface area contributed by atoms with E-state index in [0.29, 0.717) is 5.56 Å². The van der Waals surface area contributed by atoms with E-state index in [2.05, 4.69) is 33.5 Å². The molecule has 1 N–H and O–H groups in total. The van der Waals surface area contributed by atoms with Crippen molar-refractivity contribution in [3.8, 4) is 0 Å². The van der Waals surface area contributed by atoms with Crippen LogP contribution in [0.25, 0.3) is 0 Å². The minimum absolute atomic E-state index is 0.204. The molecular formula is C21H27O3P. The number of carbonyl (C=O) groups excluding carboxylic acids is 2. The van der Waals surface area contributed by atoms with E-state index in [0.717, 1.165) is 18.3 Å². The van der Waals surface area contributed by atoms with Crippen LogP contribution in [0, 0.1) is 5.92 Å². The van der Waals surface area contributed by atoms with Gasteiger partial charge in [-0.3, -0.25) is 4.79 Å². The lowest BCUT2D eigenvalue weighted by atomic mass is 9.95. The summed E-state index contributed by atoms with van der Waals surface area (Å²) in [4.78, 5) is 21.4. The minimum atomic E-state index is -1.32. The first kappa shape index (κ1) is 21.2. The van der Waals surface area contributed by atoms with Gasteiger partial charge in [0.15, 0.2) is 5.78 Å². The van der Waals surface area contributed by atoms with Gasteiger partial charge in [-0.15, -0.1) is 9.24 Å². The average Bonchev–Trinajstić information content (AvgIpc) is 2.56. The lowest BCUT2D eigenvalue weighted by Crippen LogP contribution is -2.31. The molecule has 0 fully saturated rings. The quantitative estimate of drug-likeness (QED) is 0.505. The number of benzene rings is 2. The van der Waals surface area contributed by atoms with Gasteiger partial charge in [-0.2, -0.15) is 0 Å². The van der Waals surface area contributed by atoms with Crippen LogP contribution < -0.4 is 5.30 Å². The molecule has 0 saturated carbocycles. The fourth-order valence-electron chi connectivity index (χ4n) is 2.00. The number of aliphatic hydroxyl groups is 1. The van der Waals surface area contributed by atoms with Crippen molar-refractivity contribution in [1.29, 1.82) is 0 Å². The van der Waals surface area contributed by atoms with E-state index in [4.69, 9.17) is 0 Å². The van der Waals surface area contributed by atoms with Crippen LogP contribution in [0.4, 0.5) is 0 Å². The van der Waals surface area contributed by atoms with E-state index in [1.807, 2.05) is 26.0 Å². The third kappa shape index (κ3) is 7.72. The van der Waals surface area contributed by atoms with Crippen molar-refractivity contribution in [2.75, 3.05) is 0 Å². The summed E-state index contributed by atoms with van der Waals surface area (Å²) >= 11 is 0. The van der Waals surface area contributed by atoms with Crippen LogP contribution in [0.15, 0.2) is 48.5 Å². The number of hydrogen-bond donors (Lipinski definition) is 1.